The van der Waals surface area contributed by atoms with E-state index in [2.05, 4.69) is 9.88 Å². The van der Waals surface area contributed by atoms with Gasteiger partial charge in [0, 0.05) is 11.8 Å². The van der Waals surface area contributed by atoms with Gasteiger partial charge in [0.1, 0.15) is 0 Å². The number of rotatable bonds is 3. The molecule has 7 nitrogen and oxygen atoms in total. The molecule has 116 valence electrons. The molecular formula is C14H21N3O4. The van der Waals surface area contributed by atoms with Gasteiger partial charge in [-0.1, -0.05) is 0 Å². The van der Waals surface area contributed by atoms with E-state index in [4.69, 9.17) is 4.74 Å². The number of aromatic nitrogens is 2. The van der Waals surface area contributed by atoms with Crippen molar-refractivity contribution in [3.05, 3.63) is 32.6 Å². The summed E-state index contributed by atoms with van der Waals surface area (Å²) in [6.45, 7) is 3.58. The highest BCUT2D eigenvalue weighted by atomic mass is 16.5. The first-order valence-electron chi connectivity index (χ1n) is 7.42. The van der Waals surface area contributed by atoms with Gasteiger partial charge in [-0.25, -0.2) is 4.79 Å². The summed E-state index contributed by atoms with van der Waals surface area (Å²) in [6, 6.07) is 0.0626. The topological polar surface area (TPSA) is 87.6 Å². The fraction of sp³-hybridized carbons (Fsp3) is 0.714. The SMILES string of the molecule is Cc1cn([C@@H]2O[C@H](CO)CC2N2CCCC2)c(=O)[nH]c1=O. The van der Waals surface area contributed by atoms with Crippen molar-refractivity contribution in [1.29, 1.82) is 0 Å². The second-order valence-corrected chi connectivity index (χ2v) is 5.86. The lowest BCUT2D eigenvalue weighted by Gasteiger charge is -2.28. The van der Waals surface area contributed by atoms with Gasteiger partial charge < -0.3 is 9.84 Å². The summed E-state index contributed by atoms with van der Waals surface area (Å²) in [5, 5.41) is 9.37. The molecule has 2 saturated heterocycles. The van der Waals surface area contributed by atoms with Gasteiger partial charge in [-0.05, 0) is 39.3 Å². The Hall–Kier alpha value is -1.44. The number of H-pyrrole nitrogens is 1. The molecule has 0 aromatic carbocycles. The highest BCUT2D eigenvalue weighted by Gasteiger charge is 2.40. The third-order valence-corrected chi connectivity index (χ3v) is 4.40. The van der Waals surface area contributed by atoms with E-state index in [0.717, 1.165) is 25.9 Å². The van der Waals surface area contributed by atoms with Crippen LogP contribution < -0.4 is 11.2 Å². The van der Waals surface area contributed by atoms with E-state index in [1.165, 1.54) is 4.57 Å². The van der Waals surface area contributed by atoms with E-state index >= 15 is 0 Å². The van der Waals surface area contributed by atoms with Gasteiger partial charge in [0.05, 0.1) is 18.8 Å². The van der Waals surface area contributed by atoms with Crippen LogP contribution in [-0.2, 0) is 4.74 Å². The summed E-state index contributed by atoms with van der Waals surface area (Å²) < 4.78 is 7.30. The summed E-state index contributed by atoms with van der Waals surface area (Å²) >= 11 is 0. The molecule has 0 aliphatic carbocycles. The third-order valence-electron chi connectivity index (χ3n) is 4.40. The van der Waals surface area contributed by atoms with Gasteiger partial charge in [0.15, 0.2) is 6.23 Å². The van der Waals surface area contributed by atoms with Crippen molar-refractivity contribution in [2.75, 3.05) is 19.7 Å². The van der Waals surface area contributed by atoms with E-state index in [9.17, 15) is 14.7 Å². The Kier molecular flexibility index (Phi) is 3.97. The first-order chi connectivity index (χ1) is 10.1. The maximum Gasteiger partial charge on any atom is 0.330 e. The number of aromatic amines is 1. The average molecular weight is 295 g/mol. The van der Waals surface area contributed by atoms with Crippen molar-refractivity contribution >= 4 is 0 Å². The molecule has 1 unspecified atom stereocenters. The van der Waals surface area contributed by atoms with Crippen LogP contribution in [-0.4, -0.2) is 51.4 Å². The largest absolute Gasteiger partial charge is 0.394 e. The summed E-state index contributed by atoms with van der Waals surface area (Å²) in [5.41, 5.74) is -0.352. The Labute approximate surface area is 122 Å². The average Bonchev–Trinajstić information content (AvgIpc) is 3.11. The molecule has 2 aliphatic heterocycles. The first kappa shape index (κ1) is 14.5. The van der Waals surface area contributed by atoms with Crippen LogP contribution in [0.5, 0.6) is 0 Å². The van der Waals surface area contributed by atoms with Crippen LogP contribution in [0.4, 0.5) is 0 Å². The monoisotopic (exact) mass is 295 g/mol. The molecule has 1 aromatic rings. The molecule has 2 aliphatic rings. The minimum atomic E-state index is -0.460. The molecule has 7 heteroatoms. The lowest BCUT2D eigenvalue weighted by Crippen LogP contribution is -2.42. The van der Waals surface area contributed by atoms with Crippen LogP contribution in [0.3, 0.4) is 0 Å². The lowest BCUT2D eigenvalue weighted by molar-refractivity contribution is -0.0414. The number of likely N-dealkylation sites (tertiary alicyclic amines) is 1. The van der Waals surface area contributed by atoms with Gasteiger partial charge in [-0.15, -0.1) is 0 Å². The van der Waals surface area contributed by atoms with Crippen molar-refractivity contribution in [1.82, 2.24) is 14.5 Å². The molecule has 3 rings (SSSR count). The Bertz CT molecular complexity index is 617. The van der Waals surface area contributed by atoms with Crippen LogP contribution in [0, 0.1) is 6.92 Å². The number of aryl methyl sites for hydroxylation is 1. The van der Waals surface area contributed by atoms with Crippen LogP contribution >= 0.6 is 0 Å². The molecule has 2 N–H and O–H groups in total. The van der Waals surface area contributed by atoms with E-state index in [0.29, 0.717) is 12.0 Å². The summed E-state index contributed by atoms with van der Waals surface area (Å²) in [5.74, 6) is 0. The first-order valence-corrected chi connectivity index (χ1v) is 7.42. The van der Waals surface area contributed by atoms with Crippen LogP contribution in [0.1, 0.15) is 31.1 Å². The number of ether oxygens (including phenoxy) is 1. The molecule has 0 bridgehead atoms. The summed E-state index contributed by atoms with van der Waals surface area (Å²) in [6.07, 6.45) is 3.82. The van der Waals surface area contributed by atoms with Gasteiger partial charge in [-0.2, -0.15) is 0 Å². The molecular weight excluding hydrogens is 274 g/mol. The molecule has 2 fully saturated rings. The maximum atomic E-state index is 12.1. The third kappa shape index (κ3) is 2.68. The van der Waals surface area contributed by atoms with Crippen LogP contribution in [0.2, 0.25) is 0 Å². The number of hydrogen-bond donors (Lipinski definition) is 2. The molecule has 0 saturated carbocycles. The van der Waals surface area contributed by atoms with Crippen molar-refractivity contribution in [2.45, 2.75) is 44.6 Å². The number of nitrogens with one attached hydrogen (secondary N) is 1. The quantitative estimate of drug-likeness (QED) is 0.791. The number of aliphatic hydroxyl groups is 1. The minimum absolute atomic E-state index is 0.0576. The Morgan fingerprint density at radius 1 is 1.38 bits per heavy atom. The Balaban J connectivity index is 1.96. The molecule has 3 atom stereocenters. The van der Waals surface area contributed by atoms with E-state index in [1.54, 1.807) is 13.1 Å². The fourth-order valence-corrected chi connectivity index (χ4v) is 3.28. The van der Waals surface area contributed by atoms with Crippen molar-refractivity contribution in [2.24, 2.45) is 0 Å². The van der Waals surface area contributed by atoms with Gasteiger partial charge in [0.25, 0.3) is 5.56 Å². The lowest BCUT2D eigenvalue weighted by atomic mass is 10.1. The van der Waals surface area contributed by atoms with Gasteiger partial charge in [-0.3, -0.25) is 19.2 Å². The Morgan fingerprint density at radius 2 is 2.10 bits per heavy atom. The van der Waals surface area contributed by atoms with E-state index in [-0.39, 0.29) is 24.3 Å². The molecule has 3 heterocycles. The van der Waals surface area contributed by atoms with Crippen molar-refractivity contribution < 1.29 is 9.84 Å². The smallest absolute Gasteiger partial charge is 0.330 e. The van der Waals surface area contributed by atoms with Gasteiger partial charge in [0.2, 0.25) is 0 Å². The molecule has 21 heavy (non-hydrogen) atoms. The highest BCUT2D eigenvalue weighted by molar-refractivity contribution is 5.03. The van der Waals surface area contributed by atoms with Gasteiger partial charge >= 0.3 is 5.69 Å². The number of hydrogen-bond acceptors (Lipinski definition) is 5. The fourth-order valence-electron chi connectivity index (χ4n) is 3.28. The molecule has 1 aromatic heterocycles. The zero-order valence-electron chi connectivity index (χ0n) is 12.1. The van der Waals surface area contributed by atoms with E-state index in [1.807, 2.05) is 0 Å². The second kappa shape index (κ2) is 5.75. The predicted octanol–water partition coefficient (Wildman–Crippen LogP) is -0.411. The van der Waals surface area contributed by atoms with Crippen LogP contribution in [0.15, 0.2) is 15.8 Å². The van der Waals surface area contributed by atoms with Crippen molar-refractivity contribution in [3.8, 4) is 0 Å². The van der Waals surface area contributed by atoms with E-state index < -0.39 is 11.9 Å². The second-order valence-electron chi connectivity index (χ2n) is 5.86. The standard InChI is InChI=1S/C14H21N3O4/c1-9-7-17(14(20)15-12(9)19)13-11(6-10(8-18)21-13)16-4-2-3-5-16/h7,10-11,13,18H,2-6,8H2,1H3,(H,15,19,20)/t10-,11?,13+/m0/s1. The highest BCUT2D eigenvalue weighted by Crippen LogP contribution is 2.33. The zero-order valence-corrected chi connectivity index (χ0v) is 12.1. The maximum absolute atomic E-state index is 12.1. The predicted molar refractivity (Wildman–Crippen MR) is 76.3 cm³/mol. The zero-order chi connectivity index (χ0) is 15.0. The van der Waals surface area contributed by atoms with Crippen LogP contribution in [0.25, 0.3) is 0 Å². The summed E-state index contributed by atoms with van der Waals surface area (Å²) in [7, 11) is 0. The molecule has 0 amide bonds. The normalized spacial score (nSPS) is 30.1. The molecule has 0 spiro atoms. The number of aliphatic hydroxyl groups excluding tert-OH is 1. The minimum Gasteiger partial charge on any atom is -0.394 e. The summed E-state index contributed by atoms with van der Waals surface area (Å²) in [4.78, 5) is 28.2. The van der Waals surface area contributed by atoms with Crippen molar-refractivity contribution in [3.63, 3.8) is 0 Å². The molecule has 0 radical (unpaired) electrons. The number of nitrogens with zero attached hydrogens (tertiary/aromatic N) is 2. The Morgan fingerprint density at radius 3 is 2.76 bits per heavy atom.